The van der Waals surface area contributed by atoms with Crippen molar-refractivity contribution in [2.24, 2.45) is 0 Å². The molecule has 4 atom stereocenters. The zero-order valence-electron chi connectivity index (χ0n) is 11.5. The number of benzene rings is 2. The van der Waals surface area contributed by atoms with E-state index in [0.29, 0.717) is 6.54 Å². The summed E-state index contributed by atoms with van der Waals surface area (Å²) >= 11 is 0. The van der Waals surface area contributed by atoms with Crippen molar-refractivity contribution in [3.8, 4) is 0 Å². The predicted octanol–water partition coefficient (Wildman–Crippen LogP) is 0.733. The normalized spacial score (nSPS) is 28.9. The quantitative estimate of drug-likeness (QED) is 0.667. The van der Waals surface area contributed by atoms with Crippen molar-refractivity contribution in [3.05, 3.63) is 42.5 Å². The number of fused-ring (bicyclic) bond motifs is 1. The smallest absolute Gasteiger partial charge is 0.111 e. The van der Waals surface area contributed by atoms with Crippen molar-refractivity contribution in [2.75, 3.05) is 18.5 Å². The van der Waals surface area contributed by atoms with Gasteiger partial charge in [0.1, 0.15) is 24.4 Å². The standard InChI is InChI=1S/C16H19NO4/c18-9-14-16(20)15(19)13(21-14)8-17-12-6-5-10-3-1-2-4-11(10)7-12/h1-7,13-20H,8-9H2/t13-,14-,15-,16-/m1/s1. The molecule has 0 amide bonds. The van der Waals surface area contributed by atoms with E-state index < -0.39 is 24.4 Å². The van der Waals surface area contributed by atoms with Gasteiger partial charge < -0.3 is 25.4 Å². The molecular weight excluding hydrogens is 270 g/mol. The molecule has 112 valence electrons. The number of aliphatic hydroxyl groups is 3. The van der Waals surface area contributed by atoms with E-state index in [1.165, 1.54) is 0 Å². The maximum absolute atomic E-state index is 9.88. The second kappa shape index (κ2) is 5.99. The fourth-order valence-electron chi connectivity index (χ4n) is 2.66. The first-order valence-corrected chi connectivity index (χ1v) is 7.04. The van der Waals surface area contributed by atoms with Gasteiger partial charge in [-0.3, -0.25) is 0 Å². The Morgan fingerprint density at radius 1 is 0.952 bits per heavy atom. The SMILES string of the molecule is OC[C@H]1O[C@H](CNc2ccc3ccccc3c2)[C@@H](O)[C@@H]1O. The Morgan fingerprint density at radius 3 is 2.38 bits per heavy atom. The Balaban J connectivity index is 1.66. The van der Waals surface area contributed by atoms with Crippen molar-refractivity contribution in [1.29, 1.82) is 0 Å². The van der Waals surface area contributed by atoms with Gasteiger partial charge in [-0.1, -0.05) is 30.3 Å². The van der Waals surface area contributed by atoms with E-state index in [4.69, 9.17) is 9.84 Å². The number of hydrogen-bond donors (Lipinski definition) is 4. The fourth-order valence-corrected chi connectivity index (χ4v) is 2.66. The van der Waals surface area contributed by atoms with Crippen LogP contribution in [-0.4, -0.2) is 52.9 Å². The predicted molar refractivity (Wildman–Crippen MR) is 80.2 cm³/mol. The molecular formula is C16H19NO4. The highest BCUT2D eigenvalue weighted by atomic mass is 16.6. The second-order valence-electron chi connectivity index (χ2n) is 5.32. The number of anilines is 1. The van der Waals surface area contributed by atoms with Crippen molar-refractivity contribution in [3.63, 3.8) is 0 Å². The van der Waals surface area contributed by atoms with E-state index in [9.17, 15) is 10.2 Å². The topological polar surface area (TPSA) is 82.0 Å². The van der Waals surface area contributed by atoms with Gasteiger partial charge in [0.05, 0.1) is 6.61 Å². The van der Waals surface area contributed by atoms with Gasteiger partial charge in [0.15, 0.2) is 0 Å². The van der Waals surface area contributed by atoms with Crippen LogP contribution < -0.4 is 5.32 Å². The molecule has 0 spiro atoms. The highest BCUT2D eigenvalue weighted by Crippen LogP contribution is 2.23. The minimum Gasteiger partial charge on any atom is -0.394 e. The molecule has 1 aliphatic heterocycles. The van der Waals surface area contributed by atoms with Crippen molar-refractivity contribution >= 4 is 16.5 Å². The summed E-state index contributed by atoms with van der Waals surface area (Å²) in [5, 5.41) is 34.1. The molecule has 0 unspecified atom stereocenters. The van der Waals surface area contributed by atoms with Crippen molar-refractivity contribution in [2.45, 2.75) is 24.4 Å². The molecule has 21 heavy (non-hydrogen) atoms. The molecule has 0 aliphatic carbocycles. The van der Waals surface area contributed by atoms with Gasteiger partial charge in [0.25, 0.3) is 0 Å². The largest absolute Gasteiger partial charge is 0.394 e. The lowest BCUT2D eigenvalue weighted by Crippen LogP contribution is -2.36. The van der Waals surface area contributed by atoms with E-state index in [2.05, 4.69) is 5.32 Å². The molecule has 1 saturated heterocycles. The number of ether oxygens (including phenoxy) is 1. The molecule has 0 aromatic heterocycles. The Bertz CT molecular complexity index is 618. The third-order valence-corrected chi connectivity index (χ3v) is 3.90. The van der Waals surface area contributed by atoms with Crippen LogP contribution in [0.5, 0.6) is 0 Å². The lowest BCUT2D eigenvalue weighted by atomic mass is 10.1. The second-order valence-corrected chi connectivity index (χ2v) is 5.32. The van der Waals surface area contributed by atoms with E-state index in [-0.39, 0.29) is 6.61 Å². The van der Waals surface area contributed by atoms with Crippen LogP contribution in [0.1, 0.15) is 0 Å². The molecule has 5 heteroatoms. The minimum atomic E-state index is -1.04. The molecule has 4 N–H and O–H groups in total. The van der Waals surface area contributed by atoms with Crippen LogP contribution in [0.25, 0.3) is 10.8 Å². The van der Waals surface area contributed by atoms with Crippen LogP contribution >= 0.6 is 0 Å². The highest BCUT2D eigenvalue weighted by molar-refractivity contribution is 5.85. The van der Waals surface area contributed by atoms with Crippen LogP contribution in [0.2, 0.25) is 0 Å². The maximum Gasteiger partial charge on any atom is 0.111 e. The summed E-state index contributed by atoms with van der Waals surface area (Å²) in [6.45, 7) is 0.0672. The third kappa shape index (κ3) is 2.87. The molecule has 2 aromatic carbocycles. The first-order valence-electron chi connectivity index (χ1n) is 7.04. The van der Waals surface area contributed by atoms with E-state index in [0.717, 1.165) is 16.5 Å². The van der Waals surface area contributed by atoms with Gasteiger partial charge in [0, 0.05) is 12.2 Å². The lowest BCUT2D eigenvalue weighted by Gasteiger charge is -2.16. The summed E-state index contributed by atoms with van der Waals surface area (Å²) < 4.78 is 5.43. The van der Waals surface area contributed by atoms with Crippen LogP contribution in [0.15, 0.2) is 42.5 Å². The number of hydrogen-bond acceptors (Lipinski definition) is 5. The molecule has 1 heterocycles. The van der Waals surface area contributed by atoms with Crippen molar-refractivity contribution < 1.29 is 20.1 Å². The first-order chi connectivity index (χ1) is 10.2. The average molecular weight is 289 g/mol. The van der Waals surface area contributed by atoms with Gasteiger partial charge in [-0.05, 0) is 22.9 Å². The van der Waals surface area contributed by atoms with E-state index in [1.807, 2.05) is 42.5 Å². The Morgan fingerprint density at radius 2 is 1.67 bits per heavy atom. The van der Waals surface area contributed by atoms with Crippen LogP contribution in [0.3, 0.4) is 0 Å². The monoisotopic (exact) mass is 289 g/mol. The zero-order chi connectivity index (χ0) is 14.8. The molecule has 5 nitrogen and oxygen atoms in total. The fraction of sp³-hybridized carbons (Fsp3) is 0.375. The third-order valence-electron chi connectivity index (χ3n) is 3.90. The zero-order valence-corrected chi connectivity index (χ0v) is 11.5. The summed E-state index contributed by atoms with van der Waals surface area (Å²) in [5.74, 6) is 0. The number of aliphatic hydroxyl groups excluding tert-OH is 3. The van der Waals surface area contributed by atoms with E-state index >= 15 is 0 Å². The van der Waals surface area contributed by atoms with Crippen LogP contribution in [0.4, 0.5) is 5.69 Å². The van der Waals surface area contributed by atoms with E-state index in [1.54, 1.807) is 0 Å². The minimum absolute atomic E-state index is 0.301. The molecule has 0 saturated carbocycles. The van der Waals surface area contributed by atoms with Gasteiger partial charge in [0.2, 0.25) is 0 Å². The van der Waals surface area contributed by atoms with Gasteiger partial charge in [-0.15, -0.1) is 0 Å². The molecule has 1 fully saturated rings. The van der Waals surface area contributed by atoms with Crippen molar-refractivity contribution in [1.82, 2.24) is 0 Å². The first kappa shape index (κ1) is 14.3. The molecule has 0 radical (unpaired) electrons. The molecule has 1 aliphatic rings. The summed E-state index contributed by atoms with van der Waals surface area (Å²) in [6, 6.07) is 14.1. The van der Waals surface area contributed by atoms with Crippen LogP contribution in [-0.2, 0) is 4.74 Å². The number of nitrogens with one attached hydrogen (secondary N) is 1. The lowest BCUT2D eigenvalue weighted by molar-refractivity contribution is -0.0184. The van der Waals surface area contributed by atoms with Crippen LogP contribution in [0, 0.1) is 0 Å². The summed E-state index contributed by atoms with van der Waals surface area (Å²) in [6.07, 6.45) is -3.29. The average Bonchev–Trinajstić information content (AvgIpc) is 2.80. The Hall–Kier alpha value is -1.66. The van der Waals surface area contributed by atoms with Gasteiger partial charge in [-0.25, -0.2) is 0 Å². The Kier molecular flexibility index (Phi) is 4.07. The molecule has 3 rings (SSSR count). The summed E-state index contributed by atoms with van der Waals surface area (Å²) in [5.41, 5.74) is 0.923. The van der Waals surface area contributed by atoms with Gasteiger partial charge in [-0.2, -0.15) is 0 Å². The summed E-state index contributed by atoms with van der Waals surface area (Å²) in [4.78, 5) is 0. The van der Waals surface area contributed by atoms with Gasteiger partial charge >= 0.3 is 0 Å². The molecule has 0 bridgehead atoms. The summed E-state index contributed by atoms with van der Waals surface area (Å²) in [7, 11) is 0. The number of rotatable bonds is 4. The highest BCUT2D eigenvalue weighted by Gasteiger charge is 2.41. The maximum atomic E-state index is 9.88. The molecule has 2 aromatic rings. The Labute approximate surface area is 122 Å².